The van der Waals surface area contributed by atoms with Gasteiger partial charge in [0.1, 0.15) is 11.9 Å². The Bertz CT molecular complexity index is 1530. The first-order chi connectivity index (χ1) is 18.2. The lowest BCUT2D eigenvalue weighted by Gasteiger charge is -2.23. The van der Waals surface area contributed by atoms with Crippen molar-refractivity contribution in [1.82, 2.24) is 24.8 Å². The lowest BCUT2D eigenvalue weighted by Crippen LogP contribution is -2.44. The highest BCUT2D eigenvalue weighted by molar-refractivity contribution is 7.14. The van der Waals surface area contributed by atoms with Gasteiger partial charge in [-0.25, -0.2) is 9.97 Å². The molecule has 7 nitrogen and oxygen atoms in total. The molecule has 2 aromatic carbocycles. The maximum absolute atomic E-state index is 13.3. The summed E-state index contributed by atoms with van der Waals surface area (Å²) in [5, 5.41) is 6.18. The van der Waals surface area contributed by atoms with Crippen LogP contribution in [0.3, 0.4) is 0 Å². The van der Waals surface area contributed by atoms with Crippen LogP contribution in [0.1, 0.15) is 18.4 Å². The quantitative estimate of drug-likeness (QED) is 0.322. The molecule has 1 amide bonds. The molecule has 0 saturated carbocycles. The number of para-hydroxylation sites is 2. The standard InChI is InChI=1S/C29H28N6OS/c1-20-8-10-21(11-9-20)24-19-37-29(33-24)35-17-4-7-26(35)28(36)31-16-18-34-25-6-3-2-5-23(25)32-27(34)22-12-14-30-15-13-22/h2-3,5-6,8-15,19,26H,4,7,16-18H2,1H3,(H,31,36)/t26-/m1/s1. The second-order valence-corrected chi connectivity index (χ2v) is 10.2. The number of hydrogen-bond acceptors (Lipinski definition) is 6. The zero-order valence-corrected chi connectivity index (χ0v) is 21.5. The molecule has 3 aromatic heterocycles. The van der Waals surface area contributed by atoms with Crippen molar-refractivity contribution in [2.75, 3.05) is 18.0 Å². The summed E-state index contributed by atoms with van der Waals surface area (Å²) in [7, 11) is 0. The van der Waals surface area contributed by atoms with E-state index in [1.165, 1.54) is 5.56 Å². The summed E-state index contributed by atoms with van der Waals surface area (Å²) >= 11 is 1.61. The minimum atomic E-state index is -0.198. The minimum Gasteiger partial charge on any atom is -0.353 e. The molecule has 8 heteroatoms. The van der Waals surface area contributed by atoms with Gasteiger partial charge in [0, 0.05) is 48.5 Å². The number of carbonyl (C=O) groups excluding carboxylic acids is 1. The van der Waals surface area contributed by atoms with Crippen molar-refractivity contribution in [3.05, 3.63) is 84.0 Å². The molecule has 1 N–H and O–H groups in total. The van der Waals surface area contributed by atoms with E-state index in [1.54, 1.807) is 23.7 Å². The van der Waals surface area contributed by atoms with Gasteiger partial charge < -0.3 is 14.8 Å². The first kappa shape index (κ1) is 23.4. The molecular formula is C29H28N6OS. The van der Waals surface area contributed by atoms with Gasteiger partial charge in [-0.3, -0.25) is 9.78 Å². The van der Waals surface area contributed by atoms with Crippen LogP contribution in [0.5, 0.6) is 0 Å². The lowest BCUT2D eigenvalue weighted by atomic mass is 10.1. The number of benzene rings is 2. The number of hydrogen-bond donors (Lipinski definition) is 1. The van der Waals surface area contributed by atoms with Gasteiger partial charge in [-0.1, -0.05) is 42.0 Å². The third kappa shape index (κ3) is 4.72. The van der Waals surface area contributed by atoms with Gasteiger partial charge in [-0.05, 0) is 44.0 Å². The summed E-state index contributed by atoms with van der Waals surface area (Å²) < 4.78 is 2.17. The molecule has 0 radical (unpaired) electrons. The van der Waals surface area contributed by atoms with Gasteiger partial charge in [0.15, 0.2) is 5.13 Å². The van der Waals surface area contributed by atoms with Crippen molar-refractivity contribution in [1.29, 1.82) is 0 Å². The molecule has 0 bridgehead atoms. The first-order valence-electron chi connectivity index (χ1n) is 12.6. The van der Waals surface area contributed by atoms with Crippen molar-refractivity contribution in [2.45, 2.75) is 32.4 Å². The number of aryl methyl sites for hydroxylation is 1. The van der Waals surface area contributed by atoms with Gasteiger partial charge in [-0.2, -0.15) is 0 Å². The molecule has 6 rings (SSSR count). The molecule has 1 fully saturated rings. The van der Waals surface area contributed by atoms with E-state index in [2.05, 4.69) is 62.4 Å². The number of amides is 1. The van der Waals surface area contributed by atoms with Crippen molar-refractivity contribution in [2.24, 2.45) is 0 Å². The van der Waals surface area contributed by atoms with E-state index in [4.69, 9.17) is 9.97 Å². The average molecular weight is 509 g/mol. The van der Waals surface area contributed by atoms with Crippen LogP contribution in [-0.4, -0.2) is 44.6 Å². The number of thiazole rings is 1. The first-order valence-corrected chi connectivity index (χ1v) is 13.5. The maximum Gasteiger partial charge on any atom is 0.242 e. The SMILES string of the molecule is Cc1ccc(-c2csc(N3CCC[C@@H]3C(=O)NCCn3c(-c4ccncc4)nc4ccccc43)n2)cc1. The molecule has 0 spiro atoms. The summed E-state index contributed by atoms with van der Waals surface area (Å²) in [6, 6.07) is 20.2. The number of aromatic nitrogens is 4. The molecule has 186 valence electrons. The van der Waals surface area contributed by atoms with E-state index in [9.17, 15) is 4.79 Å². The summed E-state index contributed by atoms with van der Waals surface area (Å²) in [4.78, 5) is 29.3. The number of fused-ring (bicyclic) bond motifs is 1. The van der Waals surface area contributed by atoms with Gasteiger partial charge in [0.25, 0.3) is 0 Å². The normalized spacial score (nSPS) is 15.4. The van der Waals surface area contributed by atoms with E-state index in [1.807, 2.05) is 30.3 Å². The van der Waals surface area contributed by atoms with Gasteiger partial charge in [0.05, 0.1) is 16.7 Å². The Morgan fingerprint density at radius 2 is 1.84 bits per heavy atom. The van der Waals surface area contributed by atoms with Gasteiger partial charge in [-0.15, -0.1) is 11.3 Å². The molecule has 37 heavy (non-hydrogen) atoms. The fourth-order valence-corrected chi connectivity index (χ4v) is 5.86. The Hall–Kier alpha value is -4.04. The Morgan fingerprint density at radius 3 is 2.68 bits per heavy atom. The van der Waals surface area contributed by atoms with Crippen LogP contribution in [0.25, 0.3) is 33.7 Å². The number of anilines is 1. The highest BCUT2D eigenvalue weighted by Crippen LogP contribution is 2.32. The van der Waals surface area contributed by atoms with Crippen LogP contribution in [0.15, 0.2) is 78.4 Å². The molecule has 1 saturated heterocycles. The van der Waals surface area contributed by atoms with Crippen molar-refractivity contribution in [3.8, 4) is 22.6 Å². The Balaban J connectivity index is 1.15. The average Bonchev–Trinajstić information content (AvgIpc) is 3.68. The molecule has 1 aliphatic rings. The van der Waals surface area contributed by atoms with E-state index >= 15 is 0 Å². The summed E-state index contributed by atoms with van der Waals surface area (Å²) in [6.07, 6.45) is 5.37. The fraction of sp³-hybridized carbons (Fsp3) is 0.241. The Kier molecular flexibility index (Phi) is 6.40. The monoisotopic (exact) mass is 508 g/mol. The lowest BCUT2D eigenvalue weighted by molar-refractivity contribution is -0.122. The van der Waals surface area contributed by atoms with E-state index in [0.29, 0.717) is 13.1 Å². The van der Waals surface area contributed by atoms with Crippen molar-refractivity contribution < 1.29 is 4.79 Å². The zero-order chi connectivity index (χ0) is 25.2. The van der Waals surface area contributed by atoms with Gasteiger partial charge >= 0.3 is 0 Å². The van der Waals surface area contributed by atoms with Crippen LogP contribution < -0.4 is 10.2 Å². The number of carbonyl (C=O) groups is 1. The van der Waals surface area contributed by atoms with Crippen LogP contribution >= 0.6 is 11.3 Å². The van der Waals surface area contributed by atoms with Crippen molar-refractivity contribution >= 4 is 33.4 Å². The van der Waals surface area contributed by atoms with E-state index in [-0.39, 0.29) is 11.9 Å². The van der Waals surface area contributed by atoms with Crippen LogP contribution in [0.2, 0.25) is 0 Å². The number of pyridine rings is 1. The minimum absolute atomic E-state index is 0.0551. The number of nitrogens with one attached hydrogen (secondary N) is 1. The van der Waals surface area contributed by atoms with E-state index in [0.717, 1.165) is 58.2 Å². The molecular weight excluding hydrogens is 480 g/mol. The third-order valence-electron chi connectivity index (χ3n) is 6.87. The van der Waals surface area contributed by atoms with Crippen molar-refractivity contribution in [3.63, 3.8) is 0 Å². The highest BCUT2D eigenvalue weighted by Gasteiger charge is 2.32. The largest absolute Gasteiger partial charge is 0.353 e. The molecule has 4 heterocycles. The summed E-state index contributed by atoms with van der Waals surface area (Å²) in [5.41, 5.74) is 6.29. The molecule has 5 aromatic rings. The second-order valence-electron chi connectivity index (χ2n) is 9.34. The topological polar surface area (TPSA) is 75.9 Å². The maximum atomic E-state index is 13.3. The molecule has 1 aliphatic heterocycles. The van der Waals surface area contributed by atoms with Crippen LogP contribution in [-0.2, 0) is 11.3 Å². The molecule has 0 aliphatic carbocycles. The van der Waals surface area contributed by atoms with Gasteiger partial charge in [0.2, 0.25) is 5.91 Å². The van der Waals surface area contributed by atoms with Crippen LogP contribution in [0, 0.1) is 6.92 Å². The fourth-order valence-electron chi connectivity index (χ4n) is 4.95. The number of nitrogens with zero attached hydrogens (tertiary/aromatic N) is 5. The predicted octanol–water partition coefficient (Wildman–Crippen LogP) is 5.32. The van der Waals surface area contributed by atoms with E-state index < -0.39 is 0 Å². The predicted molar refractivity (Wildman–Crippen MR) is 149 cm³/mol. The summed E-state index contributed by atoms with van der Waals surface area (Å²) in [6.45, 7) is 4.08. The zero-order valence-electron chi connectivity index (χ0n) is 20.7. The Labute approximate surface area is 219 Å². The summed E-state index contributed by atoms with van der Waals surface area (Å²) in [5.74, 6) is 0.936. The molecule has 0 unspecified atom stereocenters. The highest BCUT2D eigenvalue weighted by atomic mass is 32.1. The smallest absolute Gasteiger partial charge is 0.242 e. The number of imidazole rings is 1. The third-order valence-corrected chi connectivity index (χ3v) is 7.75. The second kappa shape index (κ2) is 10.1. The Morgan fingerprint density at radius 1 is 1.03 bits per heavy atom. The van der Waals surface area contributed by atoms with Crippen LogP contribution in [0.4, 0.5) is 5.13 Å². The number of rotatable bonds is 7. The molecule has 1 atom stereocenters.